The van der Waals surface area contributed by atoms with Gasteiger partial charge in [-0.3, -0.25) is 0 Å². The second-order valence-electron chi connectivity index (χ2n) is 5.48. The third-order valence-corrected chi connectivity index (χ3v) is 2.52. The van der Waals surface area contributed by atoms with Crippen molar-refractivity contribution >= 4 is 6.09 Å². The van der Waals surface area contributed by atoms with Crippen LogP contribution in [0.5, 0.6) is 0 Å². The summed E-state index contributed by atoms with van der Waals surface area (Å²) in [7, 11) is 0. The zero-order valence-electron chi connectivity index (χ0n) is 12.0. The van der Waals surface area contributed by atoms with Crippen molar-refractivity contribution in [1.82, 2.24) is 10.6 Å². The summed E-state index contributed by atoms with van der Waals surface area (Å²) in [5, 5.41) is 6.01. The second kappa shape index (κ2) is 7.79. The number of benzene rings is 1. The topological polar surface area (TPSA) is 50.4 Å². The van der Waals surface area contributed by atoms with Crippen molar-refractivity contribution in [2.45, 2.75) is 32.7 Å². The average Bonchev–Trinajstić information content (AvgIpc) is 2.35. The molecule has 0 aliphatic rings. The minimum Gasteiger partial charge on any atom is -0.449 e. The van der Waals surface area contributed by atoms with Crippen LogP contribution in [0.25, 0.3) is 0 Å². The molecule has 0 spiro atoms. The van der Waals surface area contributed by atoms with E-state index in [4.69, 9.17) is 4.74 Å². The molecule has 2 N–H and O–H groups in total. The van der Waals surface area contributed by atoms with Gasteiger partial charge in [0.25, 0.3) is 0 Å². The third-order valence-electron chi connectivity index (χ3n) is 2.52. The number of hydrogen-bond donors (Lipinski definition) is 2. The number of hydrogen-bond acceptors (Lipinski definition) is 3. The van der Waals surface area contributed by atoms with E-state index in [1.807, 2.05) is 30.3 Å². The molecule has 4 heteroatoms. The monoisotopic (exact) mass is 264 g/mol. The summed E-state index contributed by atoms with van der Waals surface area (Å²) in [6.07, 6.45) is 0.390. The molecule has 1 amide bonds. The van der Waals surface area contributed by atoms with Crippen molar-refractivity contribution in [2.75, 3.05) is 19.7 Å². The molecule has 0 atom stereocenters. The molecule has 0 bridgehead atoms. The highest BCUT2D eigenvalue weighted by atomic mass is 16.5. The van der Waals surface area contributed by atoms with Crippen molar-refractivity contribution in [3.05, 3.63) is 35.9 Å². The lowest BCUT2D eigenvalue weighted by Gasteiger charge is -2.20. The van der Waals surface area contributed by atoms with Crippen LogP contribution in [0, 0.1) is 0 Å². The molecule has 0 unspecified atom stereocenters. The number of rotatable bonds is 6. The lowest BCUT2D eigenvalue weighted by Crippen LogP contribution is -2.41. The van der Waals surface area contributed by atoms with Gasteiger partial charge in [0.05, 0.1) is 6.61 Å². The molecule has 0 aliphatic heterocycles. The molecule has 0 aliphatic carbocycles. The Balaban J connectivity index is 2.05. The Morgan fingerprint density at radius 3 is 2.47 bits per heavy atom. The molecular weight excluding hydrogens is 240 g/mol. The van der Waals surface area contributed by atoms with Gasteiger partial charge in [0.2, 0.25) is 0 Å². The van der Waals surface area contributed by atoms with E-state index in [1.54, 1.807) is 0 Å². The zero-order chi connectivity index (χ0) is 14.1. The highest BCUT2D eigenvalue weighted by molar-refractivity contribution is 5.67. The Hall–Kier alpha value is -1.55. The van der Waals surface area contributed by atoms with Crippen molar-refractivity contribution in [1.29, 1.82) is 0 Å². The highest BCUT2D eigenvalue weighted by Gasteiger charge is 2.08. The Kier molecular flexibility index (Phi) is 6.36. The van der Waals surface area contributed by atoms with Gasteiger partial charge in [0.1, 0.15) is 0 Å². The minimum absolute atomic E-state index is 0.0683. The van der Waals surface area contributed by atoms with Crippen molar-refractivity contribution in [3.8, 4) is 0 Å². The first-order chi connectivity index (χ1) is 8.97. The Morgan fingerprint density at radius 2 is 1.84 bits per heavy atom. The molecule has 1 rings (SSSR count). The first-order valence-electron chi connectivity index (χ1n) is 6.67. The summed E-state index contributed by atoms with van der Waals surface area (Å²) in [4.78, 5) is 11.4. The van der Waals surface area contributed by atoms with E-state index in [1.165, 1.54) is 5.56 Å². The van der Waals surface area contributed by atoms with Gasteiger partial charge < -0.3 is 15.4 Å². The van der Waals surface area contributed by atoms with Gasteiger partial charge in [-0.1, -0.05) is 30.3 Å². The molecule has 106 valence electrons. The summed E-state index contributed by atoms with van der Waals surface area (Å²) >= 11 is 0. The van der Waals surface area contributed by atoms with Crippen LogP contribution in [0.1, 0.15) is 26.3 Å². The Labute approximate surface area is 115 Å². The van der Waals surface area contributed by atoms with Crippen LogP contribution in [-0.4, -0.2) is 31.3 Å². The fourth-order valence-corrected chi connectivity index (χ4v) is 1.56. The van der Waals surface area contributed by atoms with Gasteiger partial charge in [-0.25, -0.2) is 4.79 Å². The molecule has 19 heavy (non-hydrogen) atoms. The maximum atomic E-state index is 11.4. The van der Waals surface area contributed by atoms with E-state index in [2.05, 4.69) is 31.4 Å². The van der Waals surface area contributed by atoms with Crippen molar-refractivity contribution in [2.24, 2.45) is 0 Å². The highest BCUT2D eigenvalue weighted by Crippen LogP contribution is 1.99. The molecule has 0 radical (unpaired) electrons. The number of ether oxygens (including phenoxy) is 1. The number of nitrogens with one attached hydrogen (secondary N) is 2. The number of alkyl carbamates (subject to hydrolysis) is 1. The van der Waals surface area contributed by atoms with E-state index < -0.39 is 0 Å². The molecule has 0 saturated carbocycles. The van der Waals surface area contributed by atoms with Gasteiger partial charge in [-0.05, 0) is 26.3 Å². The van der Waals surface area contributed by atoms with Crippen LogP contribution < -0.4 is 10.6 Å². The maximum absolute atomic E-state index is 11.4. The lowest BCUT2D eigenvalue weighted by atomic mass is 10.1. The largest absolute Gasteiger partial charge is 0.449 e. The summed E-state index contributed by atoms with van der Waals surface area (Å²) in [5.41, 5.74) is 1.24. The van der Waals surface area contributed by atoms with Crippen molar-refractivity contribution < 1.29 is 9.53 Å². The molecule has 0 aromatic heterocycles. The normalized spacial score (nSPS) is 11.1. The van der Waals surface area contributed by atoms with Crippen molar-refractivity contribution in [3.63, 3.8) is 0 Å². The fourth-order valence-electron chi connectivity index (χ4n) is 1.56. The first-order valence-corrected chi connectivity index (χ1v) is 6.67. The minimum atomic E-state index is -0.355. The van der Waals surface area contributed by atoms with Crippen LogP contribution in [0.4, 0.5) is 4.79 Å². The smallest absolute Gasteiger partial charge is 0.407 e. The van der Waals surface area contributed by atoms with Gasteiger partial charge in [0.15, 0.2) is 0 Å². The quantitative estimate of drug-likeness (QED) is 0.775. The third kappa shape index (κ3) is 8.21. The van der Waals surface area contributed by atoms with Crippen LogP contribution in [-0.2, 0) is 11.2 Å². The summed E-state index contributed by atoms with van der Waals surface area (Å²) in [5.74, 6) is 0. The zero-order valence-corrected chi connectivity index (χ0v) is 12.0. The van der Waals surface area contributed by atoms with E-state index >= 15 is 0 Å². The van der Waals surface area contributed by atoms with E-state index in [0.29, 0.717) is 13.2 Å². The SMILES string of the molecule is CC(C)(C)NCCNC(=O)OCCc1ccccc1. The molecule has 0 heterocycles. The maximum Gasteiger partial charge on any atom is 0.407 e. The molecule has 0 fully saturated rings. The van der Waals surface area contributed by atoms with E-state index in [9.17, 15) is 4.79 Å². The first kappa shape index (κ1) is 15.5. The molecule has 0 saturated heterocycles. The van der Waals surface area contributed by atoms with Gasteiger partial charge in [0, 0.05) is 25.0 Å². The summed E-state index contributed by atoms with van der Waals surface area (Å²) in [6, 6.07) is 9.98. The summed E-state index contributed by atoms with van der Waals surface area (Å²) in [6.45, 7) is 7.98. The van der Waals surface area contributed by atoms with E-state index in [-0.39, 0.29) is 11.6 Å². The Morgan fingerprint density at radius 1 is 1.16 bits per heavy atom. The number of amides is 1. The second-order valence-corrected chi connectivity index (χ2v) is 5.48. The fraction of sp³-hybridized carbons (Fsp3) is 0.533. The van der Waals surface area contributed by atoms with E-state index in [0.717, 1.165) is 13.0 Å². The molecule has 1 aromatic rings. The molecular formula is C15H24N2O2. The number of carbonyl (C=O) groups excluding carboxylic acids is 1. The van der Waals surface area contributed by atoms with Crippen LogP contribution >= 0.6 is 0 Å². The van der Waals surface area contributed by atoms with Gasteiger partial charge in [-0.15, -0.1) is 0 Å². The molecule has 4 nitrogen and oxygen atoms in total. The average molecular weight is 264 g/mol. The Bertz CT molecular complexity index is 371. The van der Waals surface area contributed by atoms with Gasteiger partial charge in [-0.2, -0.15) is 0 Å². The van der Waals surface area contributed by atoms with Crippen LogP contribution in [0.15, 0.2) is 30.3 Å². The lowest BCUT2D eigenvalue weighted by molar-refractivity contribution is 0.147. The number of carbonyl (C=O) groups is 1. The standard InChI is InChI=1S/C15H24N2O2/c1-15(2,3)17-11-10-16-14(18)19-12-9-13-7-5-4-6-8-13/h4-8,17H,9-12H2,1-3H3,(H,16,18). The van der Waals surface area contributed by atoms with Gasteiger partial charge >= 0.3 is 6.09 Å². The predicted molar refractivity (Wildman–Crippen MR) is 77.3 cm³/mol. The molecule has 1 aromatic carbocycles. The predicted octanol–water partition coefficient (Wildman–Crippen LogP) is 2.34. The van der Waals surface area contributed by atoms with Crippen LogP contribution in [0.2, 0.25) is 0 Å². The van der Waals surface area contributed by atoms with Crippen LogP contribution in [0.3, 0.4) is 0 Å². The summed E-state index contributed by atoms with van der Waals surface area (Å²) < 4.78 is 5.10.